The fraction of sp³-hybridized carbons (Fsp3) is 0.562. The zero-order chi connectivity index (χ0) is 16.6. The molecule has 0 spiro atoms. The molecule has 0 saturated carbocycles. The van der Waals surface area contributed by atoms with Crippen molar-refractivity contribution in [2.45, 2.75) is 45.3 Å². The lowest BCUT2D eigenvalue weighted by Crippen LogP contribution is -2.42. The summed E-state index contributed by atoms with van der Waals surface area (Å²) >= 11 is 3.38. The summed E-state index contributed by atoms with van der Waals surface area (Å²) < 4.78 is 8.27. The third-order valence-corrected chi connectivity index (χ3v) is 4.34. The minimum absolute atomic E-state index is 0.230. The van der Waals surface area contributed by atoms with E-state index >= 15 is 0 Å². The van der Waals surface area contributed by atoms with E-state index < -0.39 is 5.60 Å². The molecule has 0 aromatic carbocycles. The molecule has 0 bridgehead atoms. The van der Waals surface area contributed by atoms with Gasteiger partial charge in [-0.3, -0.25) is 4.68 Å². The molecule has 0 unspecified atom stereocenters. The van der Waals surface area contributed by atoms with Crippen LogP contribution in [0.4, 0.5) is 4.79 Å². The number of nitrogens with zero attached hydrogens (tertiary/aromatic N) is 4. The van der Waals surface area contributed by atoms with Crippen LogP contribution < -0.4 is 0 Å². The maximum absolute atomic E-state index is 12.1. The standard InChI is InChI=1S/C16H21BrN4O2/c1-16(2,3)23-15(22)20-6-4-12(5-7-20)21-13-10-18-14(17)8-11(13)9-19-21/h8-10,12H,4-7H2,1-3H3. The van der Waals surface area contributed by atoms with E-state index in [2.05, 4.69) is 26.0 Å². The third kappa shape index (κ3) is 3.65. The highest BCUT2D eigenvalue weighted by Crippen LogP contribution is 2.27. The number of piperidine rings is 1. The Kier molecular flexibility index (Phi) is 4.31. The molecule has 0 atom stereocenters. The molecule has 1 saturated heterocycles. The van der Waals surface area contributed by atoms with Crippen LogP contribution >= 0.6 is 15.9 Å². The van der Waals surface area contributed by atoms with Crippen molar-refractivity contribution < 1.29 is 9.53 Å². The lowest BCUT2D eigenvalue weighted by Gasteiger charge is -2.33. The molecule has 1 aliphatic rings. The smallest absolute Gasteiger partial charge is 0.410 e. The molecule has 7 heteroatoms. The molecule has 1 aliphatic heterocycles. The van der Waals surface area contributed by atoms with E-state index in [1.807, 2.05) is 43.9 Å². The summed E-state index contributed by atoms with van der Waals surface area (Å²) in [7, 11) is 0. The Morgan fingerprint density at radius 2 is 2.00 bits per heavy atom. The van der Waals surface area contributed by atoms with Crippen LogP contribution in [0.3, 0.4) is 0 Å². The molecule has 0 N–H and O–H groups in total. The molecular formula is C16H21BrN4O2. The second-order valence-corrected chi connectivity index (χ2v) is 7.67. The average molecular weight is 381 g/mol. The van der Waals surface area contributed by atoms with Gasteiger partial charge in [0.2, 0.25) is 0 Å². The summed E-state index contributed by atoms with van der Waals surface area (Å²) in [6, 6.07) is 2.25. The van der Waals surface area contributed by atoms with Crippen molar-refractivity contribution in [1.82, 2.24) is 19.7 Å². The van der Waals surface area contributed by atoms with Gasteiger partial charge in [-0.2, -0.15) is 5.10 Å². The molecule has 2 aromatic rings. The van der Waals surface area contributed by atoms with Gasteiger partial charge in [0.25, 0.3) is 0 Å². The van der Waals surface area contributed by atoms with Gasteiger partial charge in [-0.15, -0.1) is 0 Å². The van der Waals surface area contributed by atoms with Gasteiger partial charge in [0.05, 0.1) is 24.0 Å². The zero-order valence-corrected chi connectivity index (χ0v) is 15.2. The topological polar surface area (TPSA) is 60.2 Å². The maximum atomic E-state index is 12.1. The summed E-state index contributed by atoms with van der Waals surface area (Å²) in [5.74, 6) is 0. The highest BCUT2D eigenvalue weighted by atomic mass is 79.9. The van der Waals surface area contributed by atoms with Gasteiger partial charge in [0, 0.05) is 18.5 Å². The highest BCUT2D eigenvalue weighted by Gasteiger charge is 2.28. The van der Waals surface area contributed by atoms with Crippen molar-refractivity contribution in [2.24, 2.45) is 0 Å². The molecule has 6 nitrogen and oxygen atoms in total. The van der Waals surface area contributed by atoms with Crippen molar-refractivity contribution in [3.05, 3.63) is 23.1 Å². The predicted molar refractivity (Wildman–Crippen MR) is 91.3 cm³/mol. The number of carbonyl (C=O) groups excluding carboxylic acids is 1. The van der Waals surface area contributed by atoms with E-state index in [1.54, 1.807) is 4.90 Å². The van der Waals surface area contributed by atoms with Gasteiger partial charge in [0.1, 0.15) is 10.2 Å². The first-order chi connectivity index (χ1) is 10.8. The number of pyridine rings is 1. The minimum atomic E-state index is -0.453. The van der Waals surface area contributed by atoms with E-state index in [0.29, 0.717) is 13.1 Å². The quantitative estimate of drug-likeness (QED) is 0.706. The fourth-order valence-electron chi connectivity index (χ4n) is 2.83. The van der Waals surface area contributed by atoms with Crippen LogP contribution in [-0.4, -0.2) is 44.4 Å². The Morgan fingerprint density at radius 3 is 2.65 bits per heavy atom. The van der Waals surface area contributed by atoms with E-state index in [9.17, 15) is 4.79 Å². The van der Waals surface area contributed by atoms with Crippen molar-refractivity contribution in [3.63, 3.8) is 0 Å². The molecule has 124 valence electrons. The zero-order valence-electron chi connectivity index (χ0n) is 13.6. The number of carbonyl (C=O) groups is 1. The number of rotatable bonds is 1. The summed E-state index contributed by atoms with van der Waals surface area (Å²) in [5, 5.41) is 5.58. The van der Waals surface area contributed by atoms with Crippen molar-refractivity contribution in [2.75, 3.05) is 13.1 Å². The number of halogens is 1. The number of hydrogen-bond donors (Lipinski definition) is 0. The Balaban J connectivity index is 1.67. The molecule has 1 amide bonds. The van der Waals surface area contributed by atoms with Crippen molar-refractivity contribution in [1.29, 1.82) is 0 Å². The van der Waals surface area contributed by atoms with Crippen LogP contribution in [0.5, 0.6) is 0 Å². The van der Waals surface area contributed by atoms with Crippen LogP contribution in [0.1, 0.15) is 39.7 Å². The van der Waals surface area contributed by atoms with E-state index in [0.717, 1.165) is 28.3 Å². The second kappa shape index (κ2) is 6.11. The Hall–Kier alpha value is -1.63. The summed E-state index contributed by atoms with van der Waals surface area (Å²) in [6.07, 6.45) is 5.21. The first kappa shape index (κ1) is 16.2. The third-order valence-electron chi connectivity index (χ3n) is 3.91. The molecule has 0 aliphatic carbocycles. The maximum Gasteiger partial charge on any atom is 0.410 e. The lowest BCUT2D eigenvalue weighted by atomic mass is 10.1. The van der Waals surface area contributed by atoms with Crippen molar-refractivity contribution >= 4 is 32.9 Å². The number of fused-ring (bicyclic) bond motifs is 1. The average Bonchev–Trinajstić information content (AvgIpc) is 2.88. The summed E-state index contributed by atoms with van der Waals surface area (Å²) in [4.78, 5) is 18.2. The van der Waals surface area contributed by atoms with E-state index in [4.69, 9.17) is 4.74 Å². The van der Waals surface area contributed by atoms with Crippen molar-refractivity contribution in [3.8, 4) is 0 Å². The summed E-state index contributed by atoms with van der Waals surface area (Å²) in [5.41, 5.74) is 0.578. The Labute approximate surface area is 143 Å². The molecule has 3 heterocycles. The van der Waals surface area contributed by atoms with Crippen LogP contribution in [0, 0.1) is 0 Å². The number of likely N-dealkylation sites (tertiary alicyclic amines) is 1. The molecule has 0 radical (unpaired) electrons. The van der Waals surface area contributed by atoms with Gasteiger partial charge in [-0.1, -0.05) is 0 Å². The monoisotopic (exact) mass is 380 g/mol. The fourth-order valence-corrected chi connectivity index (χ4v) is 3.18. The number of hydrogen-bond acceptors (Lipinski definition) is 4. The molecule has 2 aromatic heterocycles. The predicted octanol–water partition coefficient (Wildman–Crippen LogP) is 3.77. The summed E-state index contributed by atoms with van der Waals surface area (Å²) in [6.45, 7) is 7.03. The highest BCUT2D eigenvalue weighted by molar-refractivity contribution is 9.10. The minimum Gasteiger partial charge on any atom is -0.444 e. The molecule has 3 rings (SSSR count). The number of amides is 1. The SMILES string of the molecule is CC(C)(C)OC(=O)N1CCC(n2ncc3cc(Br)ncc32)CC1. The first-order valence-electron chi connectivity index (χ1n) is 7.80. The van der Waals surface area contributed by atoms with Gasteiger partial charge in [-0.05, 0) is 55.6 Å². The Bertz CT molecular complexity index is 714. The number of ether oxygens (including phenoxy) is 1. The van der Waals surface area contributed by atoms with Gasteiger partial charge in [0.15, 0.2) is 0 Å². The van der Waals surface area contributed by atoms with Crippen LogP contribution in [0.15, 0.2) is 23.1 Å². The molecule has 23 heavy (non-hydrogen) atoms. The van der Waals surface area contributed by atoms with Crippen LogP contribution in [-0.2, 0) is 4.74 Å². The van der Waals surface area contributed by atoms with Gasteiger partial charge < -0.3 is 9.64 Å². The molecule has 1 fully saturated rings. The lowest BCUT2D eigenvalue weighted by molar-refractivity contribution is 0.0186. The normalized spacial score (nSPS) is 16.8. The first-order valence-corrected chi connectivity index (χ1v) is 8.59. The number of aromatic nitrogens is 3. The van der Waals surface area contributed by atoms with Crippen LogP contribution in [0.25, 0.3) is 10.9 Å². The molecular weight excluding hydrogens is 360 g/mol. The Morgan fingerprint density at radius 1 is 1.30 bits per heavy atom. The van der Waals surface area contributed by atoms with Crippen LogP contribution in [0.2, 0.25) is 0 Å². The van der Waals surface area contributed by atoms with Gasteiger partial charge >= 0.3 is 6.09 Å². The second-order valence-electron chi connectivity index (χ2n) is 6.85. The van der Waals surface area contributed by atoms with Gasteiger partial charge in [-0.25, -0.2) is 9.78 Å². The van der Waals surface area contributed by atoms with E-state index in [-0.39, 0.29) is 12.1 Å². The largest absolute Gasteiger partial charge is 0.444 e. The van der Waals surface area contributed by atoms with E-state index in [1.165, 1.54) is 0 Å².